The summed E-state index contributed by atoms with van der Waals surface area (Å²) in [5.74, 6) is -1.21. The maximum Gasteiger partial charge on any atom is 0.414 e. The van der Waals surface area contributed by atoms with Gasteiger partial charge in [0.1, 0.15) is 17.7 Å². The fraction of sp³-hybridized carbons (Fsp3) is 0.211. The van der Waals surface area contributed by atoms with Crippen molar-refractivity contribution >= 4 is 11.8 Å². The molecule has 0 aliphatic carbocycles. The average Bonchev–Trinajstić information content (AvgIpc) is 3.06. The van der Waals surface area contributed by atoms with Gasteiger partial charge < -0.3 is 15.8 Å². The quantitative estimate of drug-likeness (QED) is 0.633. The molecule has 1 unspecified atom stereocenters. The highest BCUT2D eigenvalue weighted by atomic mass is 19.1. The van der Waals surface area contributed by atoms with Crippen molar-refractivity contribution in [3.63, 3.8) is 0 Å². The SMILES string of the molecule is N=N/C=C\NCC1CN(c2ccc(-c3cc(CN)ccc3F)c(F)c2)C(=O)O1. The third-order valence-electron chi connectivity index (χ3n) is 4.31. The number of carbonyl (C=O) groups is 1. The number of cyclic esters (lactones) is 1. The number of nitrogens with two attached hydrogens (primary N) is 1. The van der Waals surface area contributed by atoms with E-state index < -0.39 is 23.8 Å². The molecule has 4 N–H and O–H groups in total. The summed E-state index contributed by atoms with van der Waals surface area (Å²) in [6.45, 7) is 0.770. The number of carbonyl (C=O) groups excluding carboxylic acids is 1. The summed E-state index contributed by atoms with van der Waals surface area (Å²) in [5, 5.41) is 5.91. The molecule has 0 aromatic heterocycles. The topological polar surface area (TPSA) is 104 Å². The van der Waals surface area contributed by atoms with Crippen LogP contribution in [-0.2, 0) is 11.3 Å². The fourth-order valence-electron chi connectivity index (χ4n) is 2.92. The van der Waals surface area contributed by atoms with Gasteiger partial charge in [0.15, 0.2) is 0 Å². The number of anilines is 1. The second-order valence-corrected chi connectivity index (χ2v) is 6.15. The minimum atomic E-state index is -0.653. The number of hydrogen-bond donors (Lipinski definition) is 3. The molecule has 1 saturated heterocycles. The molecule has 2 aromatic carbocycles. The van der Waals surface area contributed by atoms with E-state index >= 15 is 0 Å². The van der Waals surface area contributed by atoms with Crippen LogP contribution in [0, 0.1) is 17.2 Å². The van der Waals surface area contributed by atoms with Crippen molar-refractivity contribution in [2.24, 2.45) is 10.8 Å². The minimum absolute atomic E-state index is 0.0895. The first-order chi connectivity index (χ1) is 13.5. The largest absolute Gasteiger partial charge is 0.442 e. The number of ether oxygens (including phenoxy) is 1. The summed E-state index contributed by atoms with van der Waals surface area (Å²) < 4.78 is 34.1. The van der Waals surface area contributed by atoms with Gasteiger partial charge in [-0.15, -0.1) is 0 Å². The second kappa shape index (κ2) is 8.57. The van der Waals surface area contributed by atoms with Crippen molar-refractivity contribution < 1.29 is 18.3 Å². The van der Waals surface area contributed by atoms with Gasteiger partial charge in [0.05, 0.1) is 25.0 Å². The van der Waals surface area contributed by atoms with E-state index in [2.05, 4.69) is 10.4 Å². The van der Waals surface area contributed by atoms with Gasteiger partial charge >= 0.3 is 6.09 Å². The molecule has 1 aliphatic rings. The number of nitrogens with one attached hydrogen (secondary N) is 2. The molecule has 0 radical (unpaired) electrons. The van der Waals surface area contributed by atoms with Gasteiger partial charge in [-0.05, 0) is 35.9 Å². The first kappa shape index (κ1) is 19.4. The lowest BCUT2D eigenvalue weighted by Gasteiger charge is -2.15. The molecule has 9 heteroatoms. The number of benzene rings is 2. The van der Waals surface area contributed by atoms with Gasteiger partial charge in [-0.1, -0.05) is 6.07 Å². The molecule has 1 fully saturated rings. The van der Waals surface area contributed by atoms with Crippen LogP contribution in [0.2, 0.25) is 0 Å². The van der Waals surface area contributed by atoms with Gasteiger partial charge in [0, 0.05) is 23.9 Å². The summed E-state index contributed by atoms with van der Waals surface area (Å²) in [6.07, 6.45) is 1.68. The van der Waals surface area contributed by atoms with E-state index in [4.69, 9.17) is 16.0 Å². The van der Waals surface area contributed by atoms with Crippen molar-refractivity contribution in [1.29, 1.82) is 5.53 Å². The van der Waals surface area contributed by atoms with Crippen molar-refractivity contribution in [2.45, 2.75) is 12.6 Å². The van der Waals surface area contributed by atoms with E-state index in [0.717, 1.165) is 0 Å². The number of halogens is 2. The zero-order chi connectivity index (χ0) is 20.1. The Balaban J connectivity index is 1.78. The standard InChI is InChI=1S/C19H19F2N5O2/c20-17-4-1-12(9-22)7-16(17)15-3-2-13(8-18(15)21)26-11-14(28-19(26)27)10-24-5-6-25-23/h1-8,14,23-24H,9-11,22H2/b6-5-,25-23?. The van der Waals surface area contributed by atoms with Crippen LogP contribution < -0.4 is 16.0 Å². The Morgan fingerprint density at radius 1 is 1.25 bits per heavy atom. The predicted octanol–water partition coefficient (Wildman–Crippen LogP) is 3.51. The predicted molar refractivity (Wildman–Crippen MR) is 99.6 cm³/mol. The molecular formula is C19H19F2N5O2. The molecule has 2 aromatic rings. The highest BCUT2D eigenvalue weighted by molar-refractivity contribution is 5.90. The van der Waals surface area contributed by atoms with E-state index in [0.29, 0.717) is 17.8 Å². The van der Waals surface area contributed by atoms with Crippen molar-refractivity contribution in [3.8, 4) is 11.1 Å². The molecule has 0 spiro atoms. The van der Waals surface area contributed by atoms with E-state index in [9.17, 15) is 13.6 Å². The maximum absolute atomic E-state index is 14.7. The summed E-state index contributed by atoms with van der Waals surface area (Å²) in [7, 11) is 0. The molecule has 3 rings (SSSR count). The van der Waals surface area contributed by atoms with Crippen LogP contribution in [0.15, 0.2) is 53.9 Å². The molecule has 28 heavy (non-hydrogen) atoms. The van der Waals surface area contributed by atoms with Crippen molar-refractivity contribution in [2.75, 3.05) is 18.0 Å². The molecule has 1 atom stereocenters. The Bertz CT molecular complexity index is 919. The Labute approximate surface area is 160 Å². The third kappa shape index (κ3) is 4.15. The lowest BCUT2D eigenvalue weighted by Crippen LogP contribution is -2.28. The summed E-state index contributed by atoms with van der Waals surface area (Å²) in [6, 6.07) is 8.47. The molecule has 0 saturated carbocycles. The zero-order valence-electron chi connectivity index (χ0n) is 14.9. The van der Waals surface area contributed by atoms with Crippen molar-refractivity contribution in [3.05, 3.63) is 66.0 Å². The summed E-state index contributed by atoms with van der Waals surface area (Å²) in [5.41, 5.74) is 13.4. The monoisotopic (exact) mass is 387 g/mol. The Morgan fingerprint density at radius 2 is 2.07 bits per heavy atom. The van der Waals surface area contributed by atoms with E-state index in [1.165, 1.54) is 41.6 Å². The minimum Gasteiger partial charge on any atom is -0.442 e. The van der Waals surface area contributed by atoms with Crippen LogP contribution in [0.25, 0.3) is 11.1 Å². The number of hydrogen-bond acceptors (Lipinski definition) is 6. The van der Waals surface area contributed by atoms with Gasteiger partial charge in [0.25, 0.3) is 0 Å². The van der Waals surface area contributed by atoms with Crippen LogP contribution in [0.3, 0.4) is 0 Å². The molecule has 0 bridgehead atoms. The molecule has 1 aliphatic heterocycles. The van der Waals surface area contributed by atoms with E-state index in [1.807, 2.05) is 0 Å². The average molecular weight is 387 g/mol. The molecule has 7 nitrogen and oxygen atoms in total. The van der Waals surface area contributed by atoms with E-state index in [1.54, 1.807) is 12.1 Å². The van der Waals surface area contributed by atoms with Crippen LogP contribution in [0.5, 0.6) is 0 Å². The summed E-state index contributed by atoms with van der Waals surface area (Å²) in [4.78, 5) is 13.4. The molecule has 146 valence electrons. The maximum atomic E-state index is 14.7. The smallest absolute Gasteiger partial charge is 0.414 e. The Morgan fingerprint density at radius 3 is 2.79 bits per heavy atom. The zero-order valence-corrected chi connectivity index (χ0v) is 14.9. The number of rotatable bonds is 7. The lowest BCUT2D eigenvalue weighted by atomic mass is 10.0. The van der Waals surface area contributed by atoms with Crippen LogP contribution in [0.4, 0.5) is 19.3 Å². The van der Waals surface area contributed by atoms with E-state index in [-0.39, 0.29) is 24.2 Å². The third-order valence-corrected chi connectivity index (χ3v) is 4.31. The molecule has 1 heterocycles. The highest BCUT2D eigenvalue weighted by Gasteiger charge is 2.32. The van der Waals surface area contributed by atoms with Crippen LogP contribution in [0.1, 0.15) is 5.56 Å². The van der Waals surface area contributed by atoms with Crippen molar-refractivity contribution in [1.82, 2.24) is 5.32 Å². The molecular weight excluding hydrogens is 368 g/mol. The lowest BCUT2D eigenvalue weighted by molar-refractivity contribution is 0.142. The Kier molecular flexibility index (Phi) is 5.95. The molecule has 1 amide bonds. The second-order valence-electron chi connectivity index (χ2n) is 6.15. The normalized spacial score (nSPS) is 16.5. The van der Waals surface area contributed by atoms with Crippen LogP contribution >= 0.6 is 0 Å². The van der Waals surface area contributed by atoms with Gasteiger partial charge in [-0.2, -0.15) is 5.11 Å². The van der Waals surface area contributed by atoms with Gasteiger partial charge in [0.2, 0.25) is 0 Å². The highest BCUT2D eigenvalue weighted by Crippen LogP contribution is 2.31. The Hall–Kier alpha value is -3.33. The van der Waals surface area contributed by atoms with Gasteiger partial charge in [-0.25, -0.2) is 19.1 Å². The van der Waals surface area contributed by atoms with Crippen LogP contribution in [-0.4, -0.2) is 25.3 Å². The van der Waals surface area contributed by atoms with Gasteiger partial charge in [-0.3, -0.25) is 4.90 Å². The number of amides is 1. The summed E-state index contributed by atoms with van der Waals surface area (Å²) >= 11 is 0. The first-order valence-electron chi connectivity index (χ1n) is 8.55. The number of nitrogens with zero attached hydrogens (tertiary/aromatic N) is 2. The fourth-order valence-corrected chi connectivity index (χ4v) is 2.92. The first-order valence-corrected chi connectivity index (χ1v) is 8.55.